The number of amides is 2. The Kier molecular flexibility index (Phi) is 5.15. The van der Waals surface area contributed by atoms with Crippen molar-refractivity contribution in [1.29, 1.82) is 0 Å². The summed E-state index contributed by atoms with van der Waals surface area (Å²) in [6, 6.07) is 20.7. The average molecular weight is 535 g/mol. The van der Waals surface area contributed by atoms with E-state index < -0.39 is 23.3 Å². The molecule has 1 N–H and O–H groups in total. The number of imide groups is 1. The molecule has 0 aliphatic carbocycles. The van der Waals surface area contributed by atoms with Crippen LogP contribution < -0.4 is 20.5 Å². The Labute approximate surface area is 229 Å². The van der Waals surface area contributed by atoms with E-state index in [2.05, 4.69) is 5.32 Å². The van der Waals surface area contributed by atoms with Crippen LogP contribution in [-0.4, -0.2) is 33.4 Å². The number of fused-ring (bicyclic) bond motifs is 8. The summed E-state index contributed by atoms with van der Waals surface area (Å²) < 4.78 is 6.73. The lowest BCUT2D eigenvalue weighted by Crippen LogP contribution is -2.51. The number of hydrogen-bond donors (Lipinski definition) is 1. The smallest absolute Gasteiger partial charge is 0.308 e. The summed E-state index contributed by atoms with van der Waals surface area (Å²) in [5.41, 5.74) is 0.937. The number of anilines is 1. The van der Waals surface area contributed by atoms with E-state index in [0.29, 0.717) is 33.9 Å². The second kappa shape index (κ2) is 8.43. The summed E-state index contributed by atoms with van der Waals surface area (Å²) in [5, 5.41) is 4.17. The summed E-state index contributed by atoms with van der Waals surface area (Å²) in [6.45, 7) is 5.34. The maximum Gasteiger partial charge on any atom is 0.308 e. The fourth-order valence-corrected chi connectivity index (χ4v) is 6.81. The van der Waals surface area contributed by atoms with E-state index in [1.807, 2.05) is 44.2 Å². The van der Waals surface area contributed by atoms with Crippen LogP contribution in [0.1, 0.15) is 32.2 Å². The minimum atomic E-state index is -1.18. The van der Waals surface area contributed by atoms with Gasteiger partial charge in [0, 0.05) is 18.5 Å². The third-order valence-electron chi connectivity index (χ3n) is 8.37. The maximum absolute atomic E-state index is 14.4. The fourth-order valence-electron chi connectivity index (χ4n) is 6.81. The molecule has 7 rings (SSSR count). The maximum atomic E-state index is 14.4. The van der Waals surface area contributed by atoms with Gasteiger partial charge in [-0.15, -0.1) is 0 Å². The molecule has 2 amide bonds. The van der Waals surface area contributed by atoms with Crippen molar-refractivity contribution < 1.29 is 19.1 Å². The van der Waals surface area contributed by atoms with E-state index in [0.717, 1.165) is 5.56 Å². The van der Waals surface area contributed by atoms with Crippen LogP contribution in [-0.2, 0) is 19.9 Å². The molecular weight excluding hydrogens is 508 g/mol. The molecule has 3 aliphatic rings. The number of carbonyl (C=O) groups is 3. The Morgan fingerprint density at radius 2 is 1.65 bits per heavy atom. The number of rotatable bonds is 3. The van der Waals surface area contributed by atoms with Crippen LogP contribution in [0.3, 0.4) is 0 Å². The van der Waals surface area contributed by atoms with Gasteiger partial charge < -0.3 is 4.74 Å². The molecule has 4 heterocycles. The monoisotopic (exact) mass is 534 g/mol. The van der Waals surface area contributed by atoms with Gasteiger partial charge in [0.2, 0.25) is 11.8 Å². The van der Waals surface area contributed by atoms with Crippen LogP contribution in [0, 0.1) is 17.8 Å². The first-order valence-electron chi connectivity index (χ1n) is 13.3. The Morgan fingerprint density at radius 1 is 0.950 bits per heavy atom. The van der Waals surface area contributed by atoms with Crippen molar-refractivity contribution in [2.45, 2.75) is 32.4 Å². The molecule has 1 aromatic heterocycles. The summed E-state index contributed by atoms with van der Waals surface area (Å²) in [5.74, 6) is -1.90. The average Bonchev–Trinajstić information content (AvgIpc) is 3.53. The summed E-state index contributed by atoms with van der Waals surface area (Å²) in [4.78, 5) is 60.0. The third kappa shape index (κ3) is 3.09. The lowest BCUT2D eigenvalue weighted by Gasteiger charge is -2.32. The van der Waals surface area contributed by atoms with E-state index in [9.17, 15) is 19.2 Å². The molecule has 200 valence electrons. The highest BCUT2D eigenvalue weighted by atomic mass is 16.5. The molecule has 3 aliphatic heterocycles. The summed E-state index contributed by atoms with van der Waals surface area (Å²) in [6.07, 6.45) is 0. The largest absolute Gasteiger partial charge is 0.427 e. The first-order chi connectivity index (χ1) is 19.2. The standard InChI is InChI=1S/C31H26N4O5/c1-16(2)26-24-25(29(39)34(28(24)38)18-12-14-19(15-13-18)40-17(3)36)31(33-26)21-9-5-7-11-23(21)35-27(37)20-8-4-6-10-22(20)32-30(31)35/h4-16,24-26,33H,1-3H3/t24-,25-,26+,31-/m1/s1. The molecule has 3 aromatic carbocycles. The minimum Gasteiger partial charge on any atom is -0.427 e. The molecule has 9 nitrogen and oxygen atoms in total. The molecule has 4 aromatic rings. The Balaban J connectivity index is 1.45. The molecule has 0 unspecified atom stereocenters. The van der Waals surface area contributed by atoms with E-state index in [-0.39, 0.29) is 29.3 Å². The quantitative estimate of drug-likeness (QED) is 0.244. The molecular formula is C31H26N4O5. The summed E-state index contributed by atoms with van der Waals surface area (Å²) in [7, 11) is 0. The molecule has 4 atom stereocenters. The van der Waals surface area contributed by atoms with Gasteiger partial charge in [-0.2, -0.15) is 0 Å². The van der Waals surface area contributed by atoms with Crippen LogP contribution in [0.25, 0.3) is 16.6 Å². The Hall–Kier alpha value is -4.63. The number of nitrogens with zero attached hydrogens (tertiary/aromatic N) is 3. The van der Waals surface area contributed by atoms with Crippen LogP contribution in [0.15, 0.2) is 77.6 Å². The number of ether oxygens (including phenoxy) is 1. The lowest BCUT2D eigenvalue weighted by atomic mass is 9.75. The van der Waals surface area contributed by atoms with Gasteiger partial charge in [-0.1, -0.05) is 44.2 Å². The zero-order valence-corrected chi connectivity index (χ0v) is 22.1. The fraction of sp³-hybridized carbons (Fsp3) is 0.258. The topological polar surface area (TPSA) is 111 Å². The van der Waals surface area contributed by atoms with Crippen LogP contribution in [0.4, 0.5) is 5.69 Å². The van der Waals surface area contributed by atoms with E-state index in [1.165, 1.54) is 11.8 Å². The predicted octanol–water partition coefficient (Wildman–Crippen LogP) is 3.30. The highest BCUT2D eigenvalue weighted by Gasteiger charge is 2.70. The number of hydrogen-bond acceptors (Lipinski definition) is 7. The normalized spacial score (nSPS) is 24.6. The van der Waals surface area contributed by atoms with Crippen LogP contribution in [0.5, 0.6) is 5.75 Å². The van der Waals surface area contributed by atoms with E-state index >= 15 is 0 Å². The zero-order chi connectivity index (χ0) is 27.9. The van der Waals surface area contributed by atoms with E-state index in [1.54, 1.807) is 47.0 Å². The Bertz CT molecular complexity index is 1810. The molecule has 9 heteroatoms. The SMILES string of the molecule is CC(=O)Oc1ccc(N2C(=O)[C@H]3[C@H](C(C)C)N[C@]4(c5ccccc5-n5c4nc4ccccc4c5=O)[C@H]3C2=O)cc1. The van der Waals surface area contributed by atoms with Crippen molar-refractivity contribution in [3.05, 3.63) is 94.5 Å². The van der Waals surface area contributed by atoms with Crippen molar-refractivity contribution in [3.8, 4) is 11.4 Å². The minimum absolute atomic E-state index is 0.00306. The molecule has 1 spiro atoms. The van der Waals surface area contributed by atoms with Gasteiger partial charge >= 0.3 is 5.97 Å². The number of para-hydroxylation sites is 2. The first kappa shape index (κ1) is 24.4. The highest BCUT2D eigenvalue weighted by molar-refractivity contribution is 6.23. The van der Waals surface area contributed by atoms with Gasteiger partial charge in [-0.05, 0) is 48.4 Å². The van der Waals surface area contributed by atoms with Gasteiger partial charge in [0.1, 0.15) is 17.1 Å². The summed E-state index contributed by atoms with van der Waals surface area (Å²) >= 11 is 0. The molecule has 0 saturated carbocycles. The van der Waals surface area contributed by atoms with Gasteiger partial charge in [-0.3, -0.25) is 29.1 Å². The number of nitrogens with one attached hydrogen (secondary N) is 1. The zero-order valence-electron chi connectivity index (χ0n) is 22.1. The number of esters is 1. The molecule has 0 bridgehead atoms. The molecule has 0 radical (unpaired) electrons. The van der Waals surface area contributed by atoms with Crippen molar-refractivity contribution in [1.82, 2.24) is 14.9 Å². The van der Waals surface area contributed by atoms with Crippen molar-refractivity contribution >= 4 is 34.4 Å². The van der Waals surface area contributed by atoms with Crippen LogP contribution in [0.2, 0.25) is 0 Å². The third-order valence-corrected chi connectivity index (χ3v) is 8.37. The molecule has 40 heavy (non-hydrogen) atoms. The van der Waals surface area contributed by atoms with E-state index in [4.69, 9.17) is 9.72 Å². The number of benzene rings is 3. The molecule has 2 fully saturated rings. The second-order valence-corrected chi connectivity index (χ2v) is 10.9. The lowest BCUT2D eigenvalue weighted by molar-refractivity contribution is -0.132. The Morgan fingerprint density at radius 3 is 2.38 bits per heavy atom. The van der Waals surface area contributed by atoms with Gasteiger partial charge in [0.15, 0.2) is 0 Å². The molecule has 2 saturated heterocycles. The van der Waals surface area contributed by atoms with Gasteiger partial charge in [0.25, 0.3) is 5.56 Å². The number of aromatic nitrogens is 2. The van der Waals surface area contributed by atoms with Gasteiger partial charge in [-0.25, -0.2) is 9.88 Å². The van der Waals surface area contributed by atoms with Crippen molar-refractivity contribution in [2.24, 2.45) is 17.8 Å². The van der Waals surface area contributed by atoms with Gasteiger partial charge in [0.05, 0.1) is 34.1 Å². The van der Waals surface area contributed by atoms with Crippen molar-refractivity contribution in [3.63, 3.8) is 0 Å². The predicted molar refractivity (Wildman–Crippen MR) is 147 cm³/mol. The van der Waals surface area contributed by atoms with Crippen molar-refractivity contribution in [2.75, 3.05) is 4.90 Å². The van der Waals surface area contributed by atoms with Crippen LogP contribution >= 0.6 is 0 Å². The highest BCUT2D eigenvalue weighted by Crippen LogP contribution is 2.56. The number of carbonyl (C=O) groups excluding carboxylic acids is 3. The first-order valence-corrected chi connectivity index (χ1v) is 13.3. The second-order valence-electron chi connectivity index (χ2n) is 10.9.